The third-order valence-corrected chi connectivity index (χ3v) is 4.08. The molecule has 3 nitrogen and oxygen atoms in total. The predicted molar refractivity (Wildman–Crippen MR) is 81.3 cm³/mol. The van der Waals surface area contributed by atoms with Crippen molar-refractivity contribution >= 4 is 49.1 Å². The van der Waals surface area contributed by atoms with Crippen molar-refractivity contribution in [3.8, 4) is 11.6 Å². The van der Waals surface area contributed by atoms with Gasteiger partial charge < -0.3 is 4.74 Å². The van der Waals surface area contributed by atoms with Crippen LogP contribution in [0.4, 0.5) is 4.39 Å². The number of nitrogens with zero attached hydrogens (tertiary/aromatic N) is 2. The summed E-state index contributed by atoms with van der Waals surface area (Å²) < 4.78 is 19.6. The minimum absolute atomic E-state index is 0.102. The average Bonchev–Trinajstić information content (AvgIpc) is 2.68. The van der Waals surface area contributed by atoms with Crippen molar-refractivity contribution in [3.05, 3.63) is 44.7 Å². The normalized spacial score (nSPS) is 11.0. The fourth-order valence-electron chi connectivity index (χ4n) is 1.77. The molecule has 0 bridgehead atoms. The maximum atomic E-state index is 13.4. The number of halogens is 3. The van der Waals surface area contributed by atoms with Crippen LogP contribution >= 0.6 is 38.9 Å². The zero-order valence-corrected chi connectivity index (χ0v) is 13.3. The lowest BCUT2D eigenvalue weighted by molar-refractivity contribution is 0.463. The summed E-state index contributed by atoms with van der Waals surface area (Å²) in [7, 11) is 0. The summed E-state index contributed by atoms with van der Waals surface area (Å²) in [4.78, 5) is 10.0. The third kappa shape index (κ3) is 2.77. The third-order valence-electron chi connectivity index (χ3n) is 2.50. The molecular formula is C13H7BrClFN2OS. The van der Waals surface area contributed by atoms with Gasteiger partial charge in [0.25, 0.3) is 0 Å². The predicted octanol–water partition coefficient (Wildman–Crippen LogP) is 5.35. The standard InChI is InChI=1S/C13H7BrClFN2OS/c1-6-2-10-11(17-13(15)18-12(10)20-6)19-9-4-7(14)3-8(16)5-9/h2-5H,1H3. The Morgan fingerprint density at radius 3 is 2.80 bits per heavy atom. The van der Waals surface area contributed by atoms with Crippen LogP contribution in [-0.4, -0.2) is 9.97 Å². The summed E-state index contributed by atoms with van der Waals surface area (Å²) in [5.41, 5.74) is 0. The second kappa shape index (κ2) is 5.27. The molecule has 0 radical (unpaired) electrons. The minimum Gasteiger partial charge on any atom is -0.438 e. The molecule has 3 aromatic rings. The molecule has 2 aromatic heterocycles. The van der Waals surface area contributed by atoms with Gasteiger partial charge in [-0.2, -0.15) is 4.98 Å². The van der Waals surface area contributed by atoms with Crippen molar-refractivity contribution in [1.82, 2.24) is 9.97 Å². The molecule has 2 heterocycles. The first-order chi connectivity index (χ1) is 9.51. The maximum Gasteiger partial charge on any atom is 0.232 e. The fourth-order valence-corrected chi connectivity index (χ4v) is 3.29. The number of hydrogen-bond donors (Lipinski definition) is 0. The lowest BCUT2D eigenvalue weighted by Crippen LogP contribution is -1.92. The van der Waals surface area contributed by atoms with Crippen LogP contribution in [-0.2, 0) is 0 Å². The van der Waals surface area contributed by atoms with E-state index in [9.17, 15) is 4.39 Å². The van der Waals surface area contributed by atoms with E-state index in [1.807, 2.05) is 13.0 Å². The molecule has 102 valence electrons. The van der Waals surface area contributed by atoms with Crippen LogP contribution in [0.2, 0.25) is 5.28 Å². The number of hydrogen-bond acceptors (Lipinski definition) is 4. The zero-order chi connectivity index (χ0) is 14.3. The number of rotatable bonds is 2. The van der Waals surface area contributed by atoms with Crippen LogP contribution in [0.3, 0.4) is 0 Å². The monoisotopic (exact) mass is 372 g/mol. The first-order valence-electron chi connectivity index (χ1n) is 5.59. The number of aryl methyl sites for hydroxylation is 1. The molecule has 0 unspecified atom stereocenters. The van der Waals surface area contributed by atoms with Gasteiger partial charge in [-0.1, -0.05) is 15.9 Å². The van der Waals surface area contributed by atoms with Gasteiger partial charge in [0, 0.05) is 15.4 Å². The van der Waals surface area contributed by atoms with E-state index >= 15 is 0 Å². The topological polar surface area (TPSA) is 35.0 Å². The molecule has 0 N–H and O–H groups in total. The molecule has 0 amide bonds. The minimum atomic E-state index is -0.396. The van der Waals surface area contributed by atoms with Crippen LogP contribution in [0.25, 0.3) is 10.2 Å². The van der Waals surface area contributed by atoms with Crippen molar-refractivity contribution in [3.63, 3.8) is 0 Å². The molecule has 0 atom stereocenters. The van der Waals surface area contributed by atoms with Crippen molar-refractivity contribution in [2.75, 3.05) is 0 Å². The van der Waals surface area contributed by atoms with E-state index in [1.54, 1.807) is 6.07 Å². The Balaban J connectivity index is 2.09. The molecule has 0 aliphatic rings. The Kier molecular flexibility index (Phi) is 3.62. The van der Waals surface area contributed by atoms with Crippen molar-refractivity contribution in [2.24, 2.45) is 0 Å². The fraction of sp³-hybridized carbons (Fsp3) is 0.0769. The van der Waals surface area contributed by atoms with E-state index in [1.165, 1.54) is 23.5 Å². The van der Waals surface area contributed by atoms with E-state index < -0.39 is 5.82 Å². The van der Waals surface area contributed by atoms with Gasteiger partial charge in [-0.05, 0) is 36.7 Å². The Labute approximate surface area is 131 Å². The van der Waals surface area contributed by atoms with Crippen LogP contribution in [0, 0.1) is 12.7 Å². The maximum absolute atomic E-state index is 13.4. The van der Waals surface area contributed by atoms with Crippen molar-refractivity contribution in [1.29, 1.82) is 0 Å². The largest absolute Gasteiger partial charge is 0.438 e. The van der Waals surface area contributed by atoms with Gasteiger partial charge in [0.05, 0.1) is 5.39 Å². The molecule has 3 rings (SSSR count). The lowest BCUT2D eigenvalue weighted by atomic mass is 10.3. The van der Waals surface area contributed by atoms with E-state index in [2.05, 4.69) is 25.9 Å². The number of aromatic nitrogens is 2. The van der Waals surface area contributed by atoms with E-state index in [4.69, 9.17) is 16.3 Å². The smallest absolute Gasteiger partial charge is 0.232 e. The highest BCUT2D eigenvalue weighted by atomic mass is 79.9. The Hall–Kier alpha value is -1.24. The summed E-state index contributed by atoms with van der Waals surface area (Å²) in [5.74, 6) is 0.269. The van der Waals surface area contributed by atoms with Crippen LogP contribution in [0.5, 0.6) is 11.6 Å². The lowest BCUT2D eigenvalue weighted by Gasteiger charge is -2.06. The molecule has 0 aliphatic heterocycles. The number of thiophene rings is 1. The summed E-state index contributed by atoms with van der Waals surface area (Å²) in [6, 6.07) is 6.21. The first-order valence-corrected chi connectivity index (χ1v) is 7.57. The summed E-state index contributed by atoms with van der Waals surface area (Å²) >= 11 is 10.6. The Morgan fingerprint density at radius 1 is 1.25 bits per heavy atom. The highest BCUT2D eigenvalue weighted by molar-refractivity contribution is 9.10. The van der Waals surface area contributed by atoms with Gasteiger partial charge in [-0.3, -0.25) is 0 Å². The Morgan fingerprint density at radius 2 is 2.05 bits per heavy atom. The van der Waals surface area contributed by atoms with Gasteiger partial charge >= 0.3 is 0 Å². The second-order valence-electron chi connectivity index (χ2n) is 4.08. The first kappa shape index (κ1) is 13.7. The summed E-state index contributed by atoms with van der Waals surface area (Å²) in [5, 5.41) is 0.863. The molecule has 0 saturated heterocycles. The number of fused-ring (bicyclic) bond motifs is 1. The SMILES string of the molecule is Cc1cc2c(Oc3cc(F)cc(Br)c3)nc(Cl)nc2s1. The molecule has 0 aliphatic carbocycles. The molecule has 0 fully saturated rings. The highest BCUT2D eigenvalue weighted by Gasteiger charge is 2.12. The van der Waals surface area contributed by atoms with E-state index in [0.717, 1.165) is 15.1 Å². The van der Waals surface area contributed by atoms with Crippen molar-refractivity contribution < 1.29 is 9.13 Å². The molecule has 1 aromatic carbocycles. The second-order valence-corrected chi connectivity index (χ2v) is 6.57. The zero-order valence-electron chi connectivity index (χ0n) is 10.2. The molecule has 0 saturated carbocycles. The van der Waals surface area contributed by atoms with Crippen molar-refractivity contribution in [2.45, 2.75) is 6.92 Å². The molecule has 20 heavy (non-hydrogen) atoms. The highest BCUT2D eigenvalue weighted by Crippen LogP contribution is 2.34. The quantitative estimate of drug-likeness (QED) is 0.568. The molecular weight excluding hydrogens is 367 g/mol. The number of ether oxygens (including phenoxy) is 1. The van der Waals surface area contributed by atoms with Gasteiger partial charge in [-0.25, -0.2) is 9.37 Å². The Bertz CT molecular complexity index is 788. The van der Waals surface area contributed by atoms with E-state index in [0.29, 0.717) is 16.1 Å². The van der Waals surface area contributed by atoms with Crippen LogP contribution in [0.1, 0.15) is 4.88 Å². The van der Waals surface area contributed by atoms with E-state index in [-0.39, 0.29) is 5.28 Å². The van der Waals surface area contributed by atoms with Gasteiger partial charge in [0.15, 0.2) is 0 Å². The van der Waals surface area contributed by atoms with Gasteiger partial charge in [0.1, 0.15) is 16.4 Å². The average molecular weight is 374 g/mol. The van der Waals surface area contributed by atoms with Gasteiger partial charge in [-0.15, -0.1) is 11.3 Å². The van der Waals surface area contributed by atoms with Crippen LogP contribution in [0.15, 0.2) is 28.7 Å². The van der Waals surface area contributed by atoms with Crippen LogP contribution < -0.4 is 4.74 Å². The molecule has 0 spiro atoms. The molecule has 7 heteroatoms. The summed E-state index contributed by atoms with van der Waals surface area (Å²) in [6.45, 7) is 1.96. The van der Waals surface area contributed by atoms with Gasteiger partial charge in [0.2, 0.25) is 11.2 Å². The number of benzene rings is 1. The summed E-state index contributed by atoms with van der Waals surface area (Å²) in [6.07, 6.45) is 0.